The van der Waals surface area contributed by atoms with Crippen LogP contribution in [0.5, 0.6) is 0 Å². The average Bonchev–Trinajstić information content (AvgIpc) is 2.56. The van der Waals surface area contributed by atoms with Crippen molar-refractivity contribution < 1.29 is 0 Å². The highest BCUT2D eigenvalue weighted by atomic mass is 15.3. The number of hydrogen-bond donors (Lipinski definition) is 0. The van der Waals surface area contributed by atoms with Gasteiger partial charge in [0.1, 0.15) is 0 Å². The molecule has 3 nitrogen and oxygen atoms in total. The molecule has 0 aliphatic heterocycles. The first kappa shape index (κ1) is 6.71. The smallest absolute Gasteiger partial charge is 0.0787 e. The normalized spacial score (nSPS) is 12.3. The number of rotatable bonds is 0. The van der Waals surface area contributed by atoms with Crippen LogP contribution >= 0.6 is 0 Å². The predicted molar refractivity (Wildman–Crippen MR) is 48.1 cm³/mol. The Morgan fingerprint density at radius 1 is 1.08 bits per heavy atom. The van der Waals surface area contributed by atoms with Crippen molar-refractivity contribution in [3.05, 3.63) is 41.7 Å². The van der Waals surface area contributed by atoms with E-state index in [9.17, 15) is 0 Å². The SMILES string of the molecule is c1ccc2c(c1)Cc1nnncc1-2. The van der Waals surface area contributed by atoms with Crippen LogP contribution in [0.2, 0.25) is 0 Å². The van der Waals surface area contributed by atoms with Crippen LogP contribution in [0.4, 0.5) is 0 Å². The highest BCUT2D eigenvalue weighted by molar-refractivity contribution is 5.74. The fraction of sp³-hybridized carbons (Fsp3) is 0.100. The van der Waals surface area contributed by atoms with E-state index in [0.29, 0.717) is 0 Å². The van der Waals surface area contributed by atoms with E-state index in [0.717, 1.165) is 17.7 Å². The Balaban J connectivity index is 2.32. The summed E-state index contributed by atoms with van der Waals surface area (Å²) < 4.78 is 0. The molecule has 0 saturated heterocycles. The molecule has 1 aliphatic carbocycles. The van der Waals surface area contributed by atoms with Crippen LogP contribution in [0.3, 0.4) is 0 Å². The van der Waals surface area contributed by atoms with Gasteiger partial charge in [-0.05, 0) is 16.3 Å². The Morgan fingerprint density at radius 2 is 2.00 bits per heavy atom. The lowest BCUT2D eigenvalue weighted by Gasteiger charge is -1.96. The van der Waals surface area contributed by atoms with Crippen molar-refractivity contribution in [2.45, 2.75) is 6.42 Å². The van der Waals surface area contributed by atoms with E-state index in [1.807, 2.05) is 12.1 Å². The molecule has 0 N–H and O–H groups in total. The van der Waals surface area contributed by atoms with Crippen LogP contribution in [0.15, 0.2) is 30.5 Å². The zero-order chi connectivity index (χ0) is 8.67. The highest BCUT2D eigenvalue weighted by Crippen LogP contribution is 2.33. The van der Waals surface area contributed by atoms with E-state index in [1.165, 1.54) is 11.1 Å². The zero-order valence-corrected chi connectivity index (χ0v) is 6.94. The van der Waals surface area contributed by atoms with Gasteiger partial charge in [0.15, 0.2) is 0 Å². The summed E-state index contributed by atoms with van der Waals surface area (Å²) in [7, 11) is 0. The number of fused-ring (bicyclic) bond motifs is 3. The van der Waals surface area contributed by atoms with Gasteiger partial charge in [-0.3, -0.25) is 0 Å². The van der Waals surface area contributed by atoms with E-state index in [2.05, 4.69) is 27.5 Å². The molecule has 0 saturated carbocycles. The molecule has 1 aromatic carbocycles. The van der Waals surface area contributed by atoms with Gasteiger partial charge in [0.25, 0.3) is 0 Å². The number of nitrogens with zero attached hydrogens (tertiary/aromatic N) is 3. The second kappa shape index (κ2) is 2.36. The highest BCUT2D eigenvalue weighted by Gasteiger charge is 2.18. The lowest BCUT2D eigenvalue weighted by Crippen LogP contribution is -1.91. The lowest BCUT2D eigenvalue weighted by molar-refractivity contribution is 0.834. The van der Waals surface area contributed by atoms with E-state index >= 15 is 0 Å². The fourth-order valence-electron chi connectivity index (χ4n) is 1.76. The lowest BCUT2D eigenvalue weighted by atomic mass is 10.1. The van der Waals surface area contributed by atoms with Crippen LogP contribution in [0.1, 0.15) is 11.3 Å². The summed E-state index contributed by atoms with van der Waals surface area (Å²) >= 11 is 0. The Labute approximate surface area is 75.4 Å². The molecule has 1 aromatic heterocycles. The van der Waals surface area contributed by atoms with E-state index in [-0.39, 0.29) is 0 Å². The van der Waals surface area contributed by atoms with Gasteiger partial charge < -0.3 is 0 Å². The van der Waals surface area contributed by atoms with Crippen molar-refractivity contribution in [3.8, 4) is 11.1 Å². The molecule has 1 aliphatic rings. The summed E-state index contributed by atoms with van der Waals surface area (Å²) in [6, 6.07) is 8.31. The van der Waals surface area contributed by atoms with Crippen LogP contribution in [-0.4, -0.2) is 15.4 Å². The Morgan fingerprint density at radius 3 is 3.00 bits per heavy atom. The minimum atomic E-state index is 0.890. The fourth-order valence-corrected chi connectivity index (χ4v) is 1.76. The van der Waals surface area contributed by atoms with E-state index < -0.39 is 0 Å². The first-order valence-corrected chi connectivity index (χ1v) is 4.20. The van der Waals surface area contributed by atoms with Crippen molar-refractivity contribution in [1.82, 2.24) is 15.4 Å². The molecule has 3 rings (SSSR count). The third-order valence-corrected chi connectivity index (χ3v) is 2.38. The molecule has 0 bridgehead atoms. The van der Waals surface area contributed by atoms with Gasteiger partial charge >= 0.3 is 0 Å². The Hall–Kier alpha value is -1.77. The molecule has 62 valence electrons. The molecule has 3 heteroatoms. The summed E-state index contributed by atoms with van der Waals surface area (Å²) in [6.07, 6.45) is 2.68. The standard InChI is InChI=1S/C10H7N3/c1-2-4-8-7(3-1)5-10-9(8)6-11-13-12-10/h1-4,6H,5H2. The number of aromatic nitrogens is 3. The molecule has 2 aromatic rings. The molecule has 1 heterocycles. The maximum Gasteiger partial charge on any atom is 0.0787 e. The quantitative estimate of drug-likeness (QED) is 0.511. The summed E-state index contributed by atoms with van der Waals surface area (Å²) in [5.41, 5.74) is 4.74. The molecule has 13 heavy (non-hydrogen) atoms. The van der Waals surface area contributed by atoms with Crippen molar-refractivity contribution in [1.29, 1.82) is 0 Å². The molecule has 0 radical (unpaired) electrons. The molecular formula is C10H7N3. The van der Waals surface area contributed by atoms with Crippen molar-refractivity contribution in [2.75, 3.05) is 0 Å². The van der Waals surface area contributed by atoms with Gasteiger partial charge in [0, 0.05) is 12.0 Å². The molecule has 0 unspecified atom stereocenters. The minimum absolute atomic E-state index is 0.890. The molecule has 0 amide bonds. The van der Waals surface area contributed by atoms with Crippen molar-refractivity contribution >= 4 is 0 Å². The number of benzene rings is 1. The van der Waals surface area contributed by atoms with Gasteiger partial charge in [-0.2, -0.15) is 0 Å². The second-order valence-electron chi connectivity index (χ2n) is 3.13. The topological polar surface area (TPSA) is 38.7 Å². The number of hydrogen-bond acceptors (Lipinski definition) is 3. The minimum Gasteiger partial charge on any atom is -0.138 e. The van der Waals surface area contributed by atoms with Gasteiger partial charge in [-0.1, -0.05) is 24.3 Å². The monoisotopic (exact) mass is 169 g/mol. The van der Waals surface area contributed by atoms with Crippen LogP contribution in [-0.2, 0) is 6.42 Å². The van der Waals surface area contributed by atoms with Gasteiger partial charge in [-0.25, -0.2) is 0 Å². The maximum absolute atomic E-state index is 4.01. The first-order valence-electron chi connectivity index (χ1n) is 4.20. The molecular weight excluding hydrogens is 162 g/mol. The van der Waals surface area contributed by atoms with E-state index in [4.69, 9.17) is 0 Å². The van der Waals surface area contributed by atoms with Crippen molar-refractivity contribution in [3.63, 3.8) is 0 Å². The summed E-state index contributed by atoms with van der Waals surface area (Å²) in [5, 5.41) is 11.4. The molecule has 0 fully saturated rings. The van der Waals surface area contributed by atoms with Crippen LogP contribution in [0.25, 0.3) is 11.1 Å². The molecule has 0 spiro atoms. The second-order valence-corrected chi connectivity index (χ2v) is 3.13. The van der Waals surface area contributed by atoms with Gasteiger partial charge in [-0.15, -0.1) is 10.2 Å². The molecule has 0 atom stereocenters. The summed E-state index contributed by atoms with van der Waals surface area (Å²) in [5.74, 6) is 0. The maximum atomic E-state index is 4.01. The largest absolute Gasteiger partial charge is 0.138 e. The van der Waals surface area contributed by atoms with Crippen LogP contribution in [0, 0.1) is 0 Å². The van der Waals surface area contributed by atoms with Gasteiger partial charge in [0.05, 0.1) is 11.9 Å². The summed E-state index contributed by atoms with van der Waals surface area (Å²) in [4.78, 5) is 0. The van der Waals surface area contributed by atoms with Crippen molar-refractivity contribution in [2.24, 2.45) is 0 Å². The third-order valence-electron chi connectivity index (χ3n) is 2.38. The third kappa shape index (κ3) is 0.869. The zero-order valence-electron chi connectivity index (χ0n) is 6.94. The first-order chi connectivity index (χ1) is 6.45. The van der Waals surface area contributed by atoms with Gasteiger partial charge in [0.2, 0.25) is 0 Å². The summed E-state index contributed by atoms with van der Waals surface area (Å²) in [6.45, 7) is 0. The predicted octanol–water partition coefficient (Wildman–Crippen LogP) is 1.44. The van der Waals surface area contributed by atoms with E-state index in [1.54, 1.807) is 6.20 Å². The Bertz CT molecular complexity index is 422. The average molecular weight is 169 g/mol. The van der Waals surface area contributed by atoms with Crippen LogP contribution < -0.4 is 0 Å². The Kier molecular flexibility index (Phi) is 1.22.